The third kappa shape index (κ3) is 3.24. The summed E-state index contributed by atoms with van der Waals surface area (Å²) in [5, 5.41) is 0. The van der Waals surface area contributed by atoms with E-state index in [0.29, 0.717) is 19.6 Å². The number of hydrogen-bond donors (Lipinski definition) is 2. The van der Waals surface area contributed by atoms with Gasteiger partial charge in [-0.15, -0.1) is 0 Å². The Balaban J connectivity index is 1.76. The number of aryl methyl sites for hydroxylation is 1. The van der Waals surface area contributed by atoms with Crippen LogP contribution in [0.4, 0.5) is 5.69 Å². The molecule has 2 N–H and O–H groups in total. The van der Waals surface area contributed by atoms with E-state index in [2.05, 4.69) is 33.9 Å². The van der Waals surface area contributed by atoms with Gasteiger partial charge >= 0.3 is 5.69 Å². The fourth-order valence-electron chi connectivity index (χ4n) is 3.02. The summed E-state index contributed by atoms with van der Waals surface area (Å²) in [6, 6.07) is 8.17. The first-order chi connectivity index (χ1) is 11.6. The Hall–Kier alpha value is -2.83. The smallest absolute Gasteiger partial charge is 0.325 e. The van der Waals surface area contributed by atoms with Gasteiger partial charge in [0.15, 0.2) is 0 Å². The van der Waals surface area contributed by atoms with E-state index in [4.69, 9.17) is 0 Å². The molecule has 0 spiro atoms. The van der Waals surface area contributed by atoms with Crippen molar-refractivity contribution in [3.8, 4) is 0 Å². The molecule has 24 heavy (non-hydrogen) atoms. The number of H-pyrrole nitrogens is 2. The molecule has 1 amide bonds. The molecule has 7 nitrogen and oxygen atoms in total. The topological polar surface area (TPSA) is 89.3 Å². The second kappa shape index (κ2) is 6.74. The van der Waals surface area contributed by atoms with E-state index in [9.17, 15) is 14.4 Å². The van der Waals surface area contributed by atoms with Crippen LogP contribution >= 0.6 is 0 Å². The molecule has 0 saturated carbocycles. The van der Waals surface area contributed by atoms with Gasteiger partial charge in [-0.25, -0.2) is 4.79 Å². The molecule has 0 aliphatic carbocycles. The molecule has 1 saturated heterocycles. The zero-order valence-electron chi connectivity index (χ0n) is 13.5. The average molecular weight is 328 g/mol. The number of aromatic amines is 2. The summed E-state index contributed by atoms with van der Waals surface area (Å²) in [5.74, 6) is -0.348. The van der Waals surface area contributed by atoms with E-state index < -0.39 is 11.2 Å². The van der Waals surface area contributed by atoms with E-state index in [0.717, 1.165) is 13.0 Å². The van der Waals surface area contributed by atoms with Gasteiger partial charge < -0.3 is 14.8 Å². The standard InChI is InChI=1S/C17H20N4O3/c1-12-5-2-3-6-14(12)20-7-4-8-21(10-9-20)16(23)13-11-18-17(24)19-15(13)22/h2-3,5-6,11H,4,7-10H2,1H3,(H2,18,19,22,24). The molecule has 0 bridgehead atoms. The minimum atomic E-state index is -0.649. The van der Waals surface area contributed by atoms with Crippen molar-refractivity contribution < 1.29 is 4.79 Å². The molecule has 1 aliphatic heterocycles. The number of benzene rings is 1. The van der Waals surface area contributed by atoms with Gasteiger partial charge in [0.25, 0.3) is 11.5 Å². The summed E-state index contributed by atoms with van der Waals surface area (Å²) in [5.41, 5.74) is 1.09. The highest BCUT2D eigenvalue weighted by Gasteiger charge is 2.23. The van der Waals surface area contributed by atoms with Crippen molar-refractivity contribution in [2.24, 2.45) is 0 Å². The highest BCUT2D eigenvalue weighted by atomic mass is 16.2. The van der Waals surface area contributed by atoms with E-state index in [1.165, 1.54) is 17.4 Å². The van der Waals surface area contributed by atoms with Crippen molar-refractivity contribution in [2.75, 3.05) is 31.1 Å². The lowest BCUT2D eigenvalue weighted by molar-refractivity contribution is 0.0764. The third-order valence-electron chi connectivity index (χ3n) is 4.29. The number of hydrogen-bond acceptors (Lipinski definition) is 4. The number of amides is 1. The van der Waals surface area contributed by atoms with Crippen molar-refractivity contribution in [1.82, 2.24) is 14.9 Å². The molecule has 7 heteroatoms. The van der Waals surface area contributed by atoms with Gasteiger partial charge in [0.05, 0.1) is 0 Å². The largest absolute Gasteiger partial charge is 0.369 e. The van der Waals surface area contributed by atoms with Crippen molar-refractivity contribution in [2.45, 2.75) is 13.3 Å². The predicted octanol–water partition coefficient (Wildman–Crippen LogP) is 0.724. The van der Waals surface area contributed by atoms with Gasteiger partial charge in [-0.1, -0.05) is 18.2 Å². The highest BCUT2D eigenvalue weighted by molar-refractivity contribution is 5.93. The monoisotopic (exact) mass is 328 g/mol. The molecule has 126 valence electrons. The average Bonchev–Trinajstić information content (AvgIpc) is 2.81. The van der Waals surface area contributed by atoms with E-state index >= 15 is 0 Å². The van der Waals surface area contributed by atoms with Crippen LogP contribution in [-0.4, -0.2) is 47.0 Å². The first kappa shape index (κ1) is 16.0. The molecule has 1 aromatic heterocycles. The number of nitrogens with one attached hydrogen (secondary N) is 2. The second-order valence-corrected chi connectivity index (χ2v) is 5.90. The third-order valence-corrected chi connectivity index (χ3v) is 4.29. The molecule has 0 atom stereocenters. The van der Waals surface area contributed by atoms with Crippen molar-refractivity contribution in [1.29, 1.82) is 0 Å². The van der Waals surface area contributed by atoms with Gasteiger partial charge in [-0.3, -0.25) is 14.6 Å². The molecule has 2 aromatic rings. The van der Waals surface area contributed by atoms with Crippen LogP contribution in [0, 0.1) is 6.92 Å². The molecule has 0 unspecified atom stereocenters. The maximum absolute atomic E-state index is 12.6. The lowest BCUT2D eigenvalue weighted by atomic mass is 10.2. The Morgan fingerprint density at radius 1 is 1.08 bits per heavy atom. The maximum Gasteiger partial charge on any atom is 0.325 e. The van der Waals surface area contributed by atoms with E-state index in [-0.39, 0.29) is 11.5 Å². The van der Waals surface area contributed by atoms with Crippen LogP contribution in [0.2, 0.25) is 0 Å². The Morgan fingerprint density at radius 2 is 1.88 bits per heavy atom. The van der Waals surface area contributed by atoms with Crippen molar-refractivity contribution in [3.05, 3.63) is 62.4 Å². The lowest BCUT2D eigenvalue weighted by Gasteiger charge is -2.25. The normalized spacial score (nSPS) is 15.2. The molecule has 0 radical (unpaired) electrons. The Kier molecular flexibility index (Phi) is 4.50. The molecule has 2 heterocycles. The zero-order chi connectivity index (χ0) is 17.1. The van der Waals surface area contributed by atoms with Crippen LogP contribution in [0.1, 0.15) is 22.3 Å². The summed E-state index contributed by atoms with van der Waals surface area (Å²) in [7, 11) is 0. The SMILES string of the molecule is Cc1ccccc1N1CCCN(C(=O)c2c[nH]c(=O)[nH]c2=O)CC1. The van der Waals surface area contributed by atoms with Crippen LogP contribution in [0.25, 0.3) is 0 Å². The number of rotatable bonds is 2. The predicted molar refractivity (Wildman–Crippen MR) is 91.6 cm³/mol. The second-order valence-electron chi connectivity index (χ2n) is 5.90. The molecule has 3 rings (SSSR count). The molecular formula is C17H20N4O3. The zero-order valence-corrected chi connectivity index (χ0v) is 13.5. The summed E-state index contributed by atoms with van der Waals surface area (Å²) < 4.78 is 0. The van der Waals surface area contributed by atoms with Crippen LogP contribution in [0.5, 0.6) is 0 Å². The molecule has 1 fully saturated rings. The number of nitrogens with zero attached hydrogens (tertiary/aromatic N) is 2. The van der Waals surface area contributed by atoms with Gasteiger partial charge in [-0.2, -0.15) is 0 Å². The molecule has 1 aliphatic rings. The number of aromatic nitrogens is 2. The lowest BCUT2D eigenvalue weighted by Crippen LogP contribution is -2.39. The Morgan fingerprint density at radius 3 is 2.62 bits per heavy atom. The summed E-state index contributed by atoms with van der Waals surface area (Å²) in [6.07, 6.45) is 2.01. The van der Waals surface area contributed by atoms with Gasteiger partial charge in [-0.05, 0) is 25.0 Å². The van der Waals surface area contributed by atoms with Crippen molar-refractivity contribution >= 4 is 11.6 Å². The van der Waals surface area contributed by atoms with Gasteiger partial charge in [0.2, 0.25) is 0 Å². The van der Waals surface area contributed by atoms with Crippen LogP contribution in [0.3, 0.4) is 0 Å². The number of carbonyl (C=O) groups excluding carboxylic acids is 1. The number of anilines is 1. The van der Waals surface area contributed by atoms with E-state index in [1.54, 1.807) is 4.90 Å². The quantitative estimate of drug-likeness (QED) is 0.850. The van der Waals surface area contributed by atoms with Gasteiger partial charge in [0, 0.05) is 38.1 Å². The molecular weight excluding hydrogens is 308 g/mol. The van der Waals surface area contributed by atoms with Crippen LogP contribution in [0.15, 0.2) is 40.1 Å². The Bertz CT molecular complexity index is 855. The fourth-order valence-corrected chi connectivity index (χ4v) is 3.02. The van der Waals surface area contributed by atoms with Crippen LogP contribution < -0.4 is 16.1 Å². The number of carbonyl (C=O) groups is 1. The summed E-state index contributed by atoms with van der Waals surface area (Å²) >= 11 is 0. The number of para-hydroxylation sites is 1. The Labute approximate surface area is 138 Å². The first-order valence-electron chi connectivity index (χ1n) is 7.98. The minimum Gasteiger partial charge on any atom is -0.369 e. The highest BCUT2D eigenvalue weighted by Crippen LogP contribution is 2.21. The van der Waals surface area contributed by atoms with Crippen LogP contribution in [-0.2, 0) is 0 Å². The van der Waals surface area contributed by atoms with Crippen molar-refractivity contribution in [3.63, 3.8) is 0 Å². The molecule has 1 aromatic carbocycles. The van der Waals surface area contributed by atoms with Gasteiger partial charge in [0.1, 0.15) is 5.56 Å². The fraction of sp³-hybridized carbons (Fsp3) is 0.353. The maximum atomic E-state index is 12.6. The minimum absolute atomic E-state index is 0.0288. The summed E-state index contributed by atoms with van der Waals surface area (Å²) in [4.78, 5) is 43.8. The van der Waals surface area contributed by atoms with E-state index in [1.807, 2.05) is 12.1 Å². The first-order valence-corrected chi connectivity index (χ1v) is 7.98. The summed E-state index contributed by atoms with van der Waals surface area (Å²) in [6.45, 7) is 4.75.